The van der Waals surface area contributed by atoms with Gasteiger partial charge in [0.2, 0.25) is 0 Å². The van der Waals surface area contributed by atoms with Crippen molar-refractivity contribution in [2.75, 3.05) is 25.6 Å². The molecule has 39 heavy (non-hydrogen) atoms. The smallest absolute Gasteiger partial charge is 0.329 e. The van der Waals surface area contributed by atoms with Gasteiger partial charge in [0.05, 0.1) is 19.9 Å². The van der Waals surface area contributed by atoms with Gasteiger partial charge in [0.1, 0.15) is 5.75 Å². The second-order valence-electron chi connectivity index (χ2n) is 8.26. The highest BCUT2D eigenvalue weighted by atomic mass is 16.5. The Balaban J connectivity index is 1.50. The molecule has 0 fully saturated rings. The molecule has 0 aliphatic heterocycles. The molecular formula is C29H32N4O6. The van der Waals surface area contributed by atoms with Gasteiger partial charge in [-0.3, -0.25) is 14.4 Å². The van der Waals surface area contributed by atoms with Gasteiger partial charge in [0, 0.05) is 12.2 Å². The molecule has 0 atom stereocenters. The molecule has 3 aromatic carbocycles. The van der Waals surface area contributed by atoms with Gasteiger partial charge in [-0.1, -0.05) is 31.2 Å². The predicted molar refractivity (Wildman–Crippen MR) is 148 cm³/mol. The zero-order valence-corrected chi connectivity index (χ0v) is 22.2. The van der Waals surface area contributed by atoms with Gasteiger partial charge < -0.3 is 24.8 Å². The van der Waals surface area contributed by atoms with Gasteiger partial charge in [-0.15, -0.1) is 0 Å². The number of ether oxygens (including phenoxy) is 3. The lowest BCUT2D eigenvalue weighted by Crippen LogP contribution is -2.37. The maximum atomic E-state index is 12.3. The third-order valence-electron chi connectivity index (χ3n) is 5.47. The van der Waals surface area contributed by atoms with Crippen LogP contribution in [0.25, 0.3) is 0 Å². The number of carbonyl (C=O) groups excluding carboxylic acids is 3. The molecule has 0 aliphatic rings. The maximum Gasteiger partial charge on any atom is 0.329 e. The van der Waals surface area contributed by atoms with Crippen LogP contribution in [0.2, 0.25) is 0 Å². The Morgan fingerprint density at radius 1 is 0.846 bits per heavy atom. The summed E-state index contributed by atoms with van der Waals surface area (Å²) in [4.78, 5) is 36.4. The van der Waals surface area contributed by atoms with Crippen LogP contribution in [0.4, 0.5) is 5.69 Å². The molecule has 10 heteroatoms. The van der Waals surface area contributed by atoms with Crippen LogP contribution in [0.5, 0.6) is 17.2 Å². The highest BCUT2D eigenvalue weighted by Gasteiger charge is 2.13. The molecule has 0 spiro atoms. The summed E-state index contributed by atoms with van der Waals surface area (Å²) >= 11 is 0. The summed E-state index contributed by atoms with van der Waals surface area (Å²) in [5.41, 5.74) is 5.47. The van der Waals surface area contributed by atoms with E-state index in [9.17, 15) is 14.4 Å². The first kappa shape index (κ1) is 28.7. The minimum atomic E-state index is -0.903. The number of nitrogens with one attached hydrogen (secondary N) is 3. The van der Waals surface area contributed by atoms with E-state index in [4.69, 9.17) is 14.2 Å². The number of hydrazone groups is 1. The highest BCUT2D eigenvalue weighted by Crippen LogP contribution is 2.28. The van der Waals surface area contributed by atoms with E-state index in [0.29, 0.717) is 35.1 Å². The molecule has 3 N–H and O–H groups in total. The third-order valence-corrected chi connectivity index (χ3v) is 5.47. The fourth-order valence-corrected chi connectivity index (χ4v) is 3.38. The number of aryl methyl sites for hydroxylation is 1. The van der Waals surface area contributed by atoms with Crippen molar-refractivity contribution in [3.8, 4) is 17.2 Å². The van der Waals surface area contributed by atoms with Crippen LogP contribution in [-0.4, -0.2) is 44.3 Å². The average Bonchev–Trinajstić information content (AvgIpc) is 2.96. The van der Waals surface area contributed by atoms with Crippen molar-refractivity contribution in [3.05, 3.63) is 83.4 Å². The summed E-state index contributed by atoms with van der Waals surface area (Å²) < 4.78 is 16.4. The Bertz CT molecular complexity index is 1290. The van der Waals surface area contributed by atoms with Crippen LogP contribution in [0, 0.1) is 0 Å². The second kappa shape index (κ2) is 14.8. The second-order valence-corrected chi connectivity index (χ2v) is 8.26. The molecule has 3 amide bonds. The summed E-state index contributed by atoms with van der Waals surface area (Å²) in [6.07, 6.45) is 2.29. The Kier molecular flexibility index (Phi) is 10.9. The van der Waals surface area contributed by atoms with Crippen molar-refractivity contribution in [3.63, 3.8) is 0 Å². The molecule has 0 aliphatic carbocycles. The number of anilines is 1. The Morgan fingerprint density at radius 3 is 2.23 bits per heavy atom. The van der Waals surface area contributed by atoms with Crippen molar-refractivity contribution < 1.29 is 28.6 Å². The first-order chi connectivity index (χ1) is 18.9. The van der Waals surface area contributed by atoms with E-state index in [2.05, 4.69) is 28.1 Å². The minimum absolute atomic E-state index is 0.183. The highest BCUT2D eigenvalue weighted by molar-refractivity contribution is 6.35. The van der Waals surface area contributed by atoms with E-state index in [-0.39, 0.29) is 19.1 Å². The van der Waals surface area contributed by atoms with E-state index >= 15 is 0 Å². The first-order valence-corrected chi connectivity index (χ1v) is 12.4. The number of amides is 3. The lowest BCUT2D eigenvalue weighted by molar-refractivity contribution is -0.139. The van der Waals surface area contributed by atoms with E-state index in [1.165, 1.54) is 11.8 Å². The van der Waals surface area contributed by atoms with Crippen molar-refractivity contribution in [1.29, 1.82) is 0 Å². The molecule has 0 aromatic heterocycles. The Hall–Kier alpha value is -4.86. The number of methoxy groups -OCH3 is 1. The SMILES string of the molecule is CCOc1cc(/C=N\NC(=O)C(=O)NCc2ccc(OC)cc2)ccc1OCC(=O)Nc1ccc(CC)cc1. The van der Waals surface area contributed by atoms with Gasteiger partial charge >= 0.3 is 11.8 Å². The Labute approximate surface area is 227 Å². The summed E-state index contributed by atoms with van der Waals surface area (Å²) in [5, 5.41) is 9.16. The van der Waals surface area contributed by atoms with Crippen molar-refractivity contribution in [1.82, 2.24) is 10.7 Å². The summed E-state index contributed by atoms with van der Waals surface area (Å²) in [6.45, 7) is 4.24. The minimum Gasteiger partial charge on any atom is -0.497 e. The monoisotopic (exact) mass is 532 g/mol. The summed E-state index contributed by atoms with van der Waals surface area (Å²) in [6, 6.07) is 19.7. The normalized spacial score (nSPS) is 10.5. The summed E-state index contributed by atoms with van der Waals surface area (Å²) in [5.74, 6) is -0.539. The number of hydrogen-bond donors (Lipinski definition) is 3. The van der Waals surface area contributed by atoms with E-state index < -0.39 is 11.8 Å². The summed E-state index contributed by atoms with van der Waals surface area (Å²) in [7, 11) is 1.57. The first-order valence-electron chi connectivity index (χ1n) is 12.4. The standard InChI is InChI=1S/C29H32N4O6/c1-4-20-6-11-23(12-7-20)32-27(34)19-39-25-15-10-22(16-26(25)38-5-2)18-31-33-29(36)28(35)30-17-21-8-13-24(37-3)14-9-21/h6-16,18H,4-5,17,19H2,1-3H3,(H,30,35)(H,32,34)(H,33,36)/b31-18-. The molecule has 0 heterocycles. The van der Waals surface area contributed by atoms with Crippen LogP contribution in [0.15, 0.2) is 71.8 Å². The quantitative estimate of drug-likeness (QED) is 0.186. The number of carbonyl (C=O) groups is 3. The number of benzene rings is 3. The zero-order chi connectivity index (χ0) is 28.0. The molecule has 0 bridgehead atoms. The van der Waals surface area contributed by atoms with Gasteiger partial charge in [-0.25, -0.2) is 5.43 Å². The number of nitrogens with zero attached hydrogens (tertiary/aromatic N) is 1. The lowest BCUT2D eigenvalue weighted by atomic mass is 10.1. The molecule has 0 saturated carbocycles. The molecule has 0 unspecified atom stereocenters. The topological polar surface area (TPSA) is 127 Å². The fourth-order valence-electron chi connectivity index (χ4n) is 3.38. The van der Waals surface area contributed by atoms with Gasteiger partial charge in [-0.05, 0) is 72.5 Å². The molecular weight excluding hydrogens is 500 g/mol. The molecule has 0 radical (unpaired) electrons. The molecule has 0 saturated heterocycles. The van der Waals surface area contributed by atoms with Gasteiger partial charge in [0.25, 0.3) is 5.91 Å². The molecule has 204 valence electrons. The largest absolute Gasteiger partial charge is 0.497 e. The lowest BCUT2D eigenvalue weighted by Gasteiger charge is -2.13. The van der Waals surface area contributed by atoms with E-state index in [0.717, 1.165) is 12.0 Å². The van der Waals surface area contributed by atoms with Crippen LogP contribution >= 0.6 is 0 Å². The van der Waals surface area contributed by atoms with Crippen LogP contribution < -0.4 is 30.3 Å². The van der Waals surface area contributed by atoms with E-state index in [1.54, 1.807) is 49.6 Å². The maximum absolute atomic E-state index is 12.3. The van der Waals surface area contributed by atoms with Gasteiger partial charge in [0.15, 0.2) is 18.1 Å². The van der Waals surface area contributed by atoms with Crippen LogP contribution in [0.1, 0.15) is 30.5 Å². The van der Waals surface area contributed by atoms with E-state index in [1.807, 2.05) is 31.2 Å². The molecule has 3 aromatic rings. The fraction of sp³-hybridized carbons (Fsp3) is 0.241. The Morgan fingerprint density at radius 2 is 1.56 bits per heavy atom. The van der Waals surface area contributed by atoms with Crippen molar-refractivity contribution in [2.24, 2.45) is 5.10 Å². The number of hydrogen-bond acceptors (Lipinski definition) is 7. The van der Waals surface area contributed by atoms with Gasteiger partial charge in [-0.2, -0.15) is 5.10 Å². The third kappa shape index (κ3) is 9.19. The zero-order valence-electron chi connectivity index (χ0n) is 22.2. The van der Waals surface area contributed by atoms with Crippen molar-refractivity contribution >= 4 is 29.6 Å². The predicted octanol–water partition coefficient (Wildman–Crippen LogP) is 3.44. The van der Waals surface area contributed by atoms with Crippen molar-refractivity contribution in [2.45, 2.75) is 26.8 Å². The van der Waals surface area contributed by atoms with Crippen LogP contribution in [-0.2, 0) is 27.3 Å². The average molecular weight is 533 g/mol. The number of rotatable bonds is 12. The molecule has 3 rings (SSSR count). The van der Waals surface area contributed by atoms with Crippen LogP contribution in [0.3, 0.4) is 0 Å². The molecule has 10 nitrogen and oxygen atoms in total.